The number of rotatable bonds is 2. The lowest BCUT2D eigenvalue weighted by Crippen LogP contribution is -1.99. The van der Waals surface area contributed by atoms with Gasteiger partial charge in [0.2, 0.25) is 5.88 Å². The van der Waals surface area contributed by atoms with Gasteiger partial charge in [0.05, 0.1) is 12.6 Å². The molecule has 0 N–H and O–H groups in total. The first-order chi connectivity index (χ1) is 6.74. The molecular formula is C10H9IN2O. The van der Waals surface area contributed by atoms with E-state index in [1.165, 1.54) is 0 Å². The molecule has 0 saturated heterocycles. The normalized spacial score (nSPS) is 10.4. The fourth-order valence-electron chi connectivity index (χ4n) is 1.30. The lowest BCUT2D eigenvalue weighted by atomic mass is 10.3. The summed E-state index contributed by atoms with van der Waals surface area (Å²) in [4.78, 5) is 0. The number of hydrogen-bond acceptors (Lipinski definition) is 2. The molecule has 2 aromatic rings. The number of fused-ring (bicyclic) bond motifs is 1. The van der Waals surface area contributed by atoms with Crippen LogP contribution in [0.3, 0.4) is 0 Å². The van der Waals surface area contributed by atoms with Crippen LogP contribution in [-0.2, 0) is 4.74 Å². The number of benzene rings is 1. The molecule has 0 saturated carbocycles. The molecule has 0 fully saturated rings. The van der Waals surface area contributed by atoms with E-state index in [1.807, 2.05) is 24.3 Å². The molecule has 0 atom stereocenters. The van der Waals surface area contributed by atoms with E-state index in [2.05, 4.69) is 34.3 Å². The van der Waals surface area contributed by atoms with Crippen LogP contribution >= 0.6 is 22.6 Å². The molecule has 3 nitrogen and oxygen atoms in total. The summed E-state index contributed by atoms with van der Waals surface area (Å²) in [6, 6.07) is 7.99. The lowest BCUT2D eigenvalue weighted by Gasteiger charge is -2.03. The summed E-state index contributed by atoms with van der Waals surface area (Å²) >= 11 is 2.20. The zero-order chi connectivity index (χ0) is 10.1. The average molecular weight is 300 g/mol. The van der Waals surface area contributed by atoms with Gasteiger partial charge in [-0.2, -0.15) is 9.78 Å². The van der Waals surface area contributed by atoms with Gasteiger partial charge in [0, 0.05) is 5.39 Å². The molecule has 2 rings (SSSR count). The molecule has 0 radical (unpaired) electrons. The van der Waals surface area contributed by atoms with Gasteiger partial charge >= 0.3 is 0 Å². The summed E-state index contributed by atoms with van der Waals surface area (Å²) in [5.41, 5.74) is 1.02. The number of para-hydroxylation sites is 1. The van der Waals surface area contributed by atoms with Crippen LogP contribution in [-0.4, -0.2) is 16.9 Å². The molecule has 1 aromatic heterocycles. The number of nitrogens with zero attached hydrogens (tertiary/aromatic N) is 2. The Morgan fingerprint density at radius 2 is 2.21 bits per heavy atom. The SMILES string of the molecule is C=C(OC)n1nc(I)c2ccccc21. The molecule has 1 heterocycles. The zero-order valence-electron chi connectivity index (χ0n) is 7.70. The highest BCUT2D eigenvalue weighted by Gasteiger charge is 2.09. The van der Waals surface area contributed by atoms with Gasteiger partial charge in [0.15, 0.2) is 0 Å². The minimum absolute atomic E-state index is 0.532. The molecule has 72 valence electrons. The highest BCUT2D eigenvalue weighted by molar-refractivity contribution is 14.1. The molecule has 4 heteroatoms. The Morgan fingerprint density at radius 1 is 1.50 bits per heavy atom. The fraction of sp³-hybridized carbons (Fsp3) is 0.100. The van der Waals surface area contributed by atoms with Crippen LogP contribution in [0.1, 0.15) is 0 Å². The quantitative estimate of drug-likeness (QED) is 0.630. The van der Waals surface area contributed by atoms with Crippen LogP contribution in [0.15, 0.2) is 30.8 Å². The van der Waals surface area contributed by atoms with Gasteiger partial charge in [-0.05, 0) is 35.2 Å². The smallest absolute Gasteiger partial charge is 0.207 e. The first-order valence-corrected chi connectivity index (χ1v) is 5.18. The van der Waals surface area contributed by atoms with Crippen LogP contribution in [0.5, 0.6) is 0 Å². The van der Waals surface area contributed by atoms with Crippen LogP contribution in [0.25, 0.3) is 16.8 Å². The Hall–Kier alpha value is -1.04. The van der Waals surface area contributed by atoms with Gasteiger partial charge in [0.25, 0.3) is 0 Å². The van der Waals surface area contributed by atoms with Gasteiger partial charge in [-0.25, -0.2) is 0 Å². The van der Waals surface area contributed by atoms with E-state index in [0.29, 0.717) is 5.88 Å². The summed E-state index contributed by atoms with van der Waals surface area (Å²) in [6.45, 7) is 3.78. The Morgan fingerprint density at radius 3 is 2.93 bits per heavy atom. The fourth-order valence-corrected chi connectivity index (χ4v) is 1.98. The molecule has 1 aromatic carbocycles. The van der Waals surface area contributed by atoms with Crippen molar-refractivity contribution in [3.05, 3.63) is 34.5 Å². The predicted molar refractivity (Wildman–Crippen MR) is 64.8 cm³/mol. The molecule has 0 aliphatic carbocycles. The highest BCUT2D eigenvalue weighted by atomic mass is 127. The van der Waals surface area contributed by atoms with Crippen molar-refractivity contribution in [2.75, 3.05) is 7.11 Å². The number of halogens is 1. The number of hydrogen-bond donors (Lipinski definition) is 0. The number of ether oxygens (including phenoxy) is 1. The van der Waals surface area contributed by atoms with E-state index in [1.54, 1.807) is 11.8 Å². The van der Waals surface area contributed by atoms with Gasteiger partial charge in [-0.15, -0.1) is 0 Å². The van der Waals surface area contributed by atoms with Crippen molar-refractivity contribution < 1.29 is 4.74 Å². The third kappa shape index (κ3) is 1.39. The molecular weight excluding hydrogens is 291 g/mol. The second-order valence-corrected chi connectivity index (χ2v) is 3.84. The Labute approximate surface area is 95.5 Å². The van der Waals surface area contributed by atoms with Crippen molar-refractivity contribution in [1.82, 2.24) is 9.78 Å². The second kappa shape index (κ2) is 3.61. The van der Waals surface area contributed by atoms with Gasteiger partial charge < -0.3 is 4.74 Å². The molecule has 14 heavy (non-hydrogen) atoms. The molecule has 0 aliphatic rings. The van der Waals surface area contributed by atoms with Crippen molar-refractivity contribution in [2.24, 2.45) is 0 Å². The third-order valence-corrected chi connectivity index (χ3v) is 2.81. The summed E-state index contributed by atoms with van der Waals surface area (Å²) in [7, 11) is 1.59. The Balaban J connectivity index is 2.72. The summed E-state index contributed by atoms with van der Waals surface area (Å²) < 4.78 is 7.72. The van der Waals surface area contributed by atoms with Crippen molar-refractivity contribution >= 4 is 39.4 Å². The largest absolute Gasteiger partial charge is 0.481 e. The maximum atomic E-state index is 5.06. The molecule has 0 amide bonds. The monoisotopic (exact) mass is 300 g/mol. The summed E-state index contributed by atoms with van der Waals surface area (Å²) in [5, 5.41) is 5.46. The standard InChI is InChI=1S/C10H9IN2O/c1-7(14-2)13-9-6-4-3-5-8(9)10(11)12-13/h3-6H,1H2,2H3. The summed E-state index contributed by atoms with van der Waals surface area (Å²) in [5.74, 6) is 0.532. The van der Waals surface area contributed by atoms with Crippen LogP contribution in [0.2, 0.25) is 0 Å². The number of methoxy groups -OCH3 is 1. The Bertz CT molecular complexity index is 490. The van der Waals surface area contributed by atoms with E-state index < -0.39 is 0 Å². The van der Waals surface area contributed by atoms with Crippen LogP contribution in [0.4, 0.5) is 0 Å². The van der Waals surface area contributed by atoms with Crippen molar-refractivity contribution in [1.29, 1.82) is 0 Å². The van der Waals surface area contributed by atoms with Crippen molar-refractivity contribution in [2.45, 2.75) is 0 Å². The molecule has 0 unspecified atom stereocenters. The maximum absolute atomic E-state index is 5.06. The minimum Gasteiger partial charge on any atom is -0.481 e. The maximum Gasteiger partial charge on any atom is 0.207 e. The topological polar surface area (TPSA) is 27.1 Å². The van der Waals surface area contributed by atoms with E-state index in [9.17, 15) is 0 Å². The first-order valence-electron chi connectivity index (χ1n) is 4.10. The van der Waals surface area contributed by atoms with E-state index >= 15 is 0 Å². The van der Waals surface area contributed by atoms with E-state index in [4.69, 9.17) is 4.74 Å². The average Bonchev–Trinajstić information content (AvgIpc) is 2.56. The lowest BCUT2D eigenvalue weighted by molar-refractivity contribution is 0.340. The molecule has 0 bridgehead atoms. The predicted octanol–water partition coefficient (Wildman–Crippen LogP) is 2.72. The third-order valence-electron chi connectivity index (χ3n) is 2.01. The van der Waals surface area contributed by atoms with Crippen molar-refractivity contribution in [3.8, 4) is 0 Å². The summed E-state index contributed by atoms with van der Waals surface area (Å²) in [6.07, 6.45) is 0. The van der Waals surface area contributed by atoms with Crippen LogP contribution in [0, 0.1) is 3.70 Å². The Kier molecular flexibility index (Phi) is 2.45. The zero-order valence-corrected chi connectivity index (χ0v) is 9.85. The highest BCUT2D eigenvalue weighted by Crippen LogP contribution is 2.21. The van der Waals surface area contributed by atoms with E-state index in [-0.39, 0.29) is 0 Å². The minimum atomic E-state index is 0.532. The van der Waals surface area contributed by atoms with E-state index in [0.717, 1.165) is 14.6 Å². The van der Waals surface area contributed by atoms with Gasteiger partial charge in [0.1, 0.15) is 3.70 Å². The molecule has 0 spiro atoms. The van der Waals surface area contributed by atoms with Crippen LogP contribution < -0.4 is 0 Å². The molecule has 0 aliphatic heterocycles. The first kappa shape index (κ1) is 9.51. The van der Waals surface area contributed by atoms with Gasteiger partial charge in [-0.1, -0.05) is 18.2 Å². The van der Waals surface area contributed by atoms with Crippen molar-refractivity contribution in [3.63, 3.8) is 0 Å². The number of aromatic nitrogens is 2. The second-order valence-electron chi connectivity index (χ2n) is 2.82. The van der Waals surface area contributed by atoms with Gasteiger partial charge in [-0.3, -0.25) is 0 Å².